The van der Waals surface area contributed by atoms with Gasteiger partial charge in [-0.15, -0.1) is 0 Å². The van der Waals surface area contributed by atoms with E-state index in [2.05, 4.69) is 5.32 Å². The molecule has 0 atom stereocenters. The van der Waals surface area contributed by atoms with Crippen LogP contribution in [0.5, 0.6) is 0 Å². The van der Waals surface area contributed by atoms with Crippen molar-refractivity contribution in [2.24, 2.45) is 5.41 Å². The summed E-state index contributed by atoms with van der Waals surface area (Å²) in [6.45, 7) is 6.91. The van der Waals surface area contributed by atoms with Crippen molar-refractivity contribution in [2.75, 3.05) is 6.54 Å². The summed E-state index contributed by atoms with van der Waals surface area (Å²) in [5.41, 5.74) is 0.528. The zero-order valence-corrected chi connectivity index (χ0v) is 11.7. The van der Waals surface area contributed by atoms with Crippen LogP contribution in [-0.4, -0.2) is 24.0 Å². The average molecular weight is 261 g/mol. The van der Waals surface area contributed by atoms with Crippen LogP contribution >= 0.6 is 0 Å². The van der Waals surface area contributed by atoms with Crippen LogP contribution in [0.25, 0.3) is 0 Å². The standard InChI is InChI=1S/C15H19NO3/c1-10(17)11-5-7-12(8-6-11)14(19)16-9-13(18)15(2,3)4/h5-8H,9H2,1-4H3,(H,16,19). The normalized spacial score (nSPS) is 10.9. The first-order valence-corrected chi connectivity index (χ1v) is 6.14. The molecule has 1 rings (SSSR count). The van der Waals surface area contributed by atoms with Crippen molar-refractivity contribution < 1.29 is 14.4 Å². The minimum atomic E-state index is -0.467. The molecule has 0 fully saturated rings. The Kier molecular flexibility index (Phi) is 4.59. The van der Waals surface area contributed by atoms with Crippen molar-refractivity contribution in [2.45, 2.75) is 27.7 Å². The lowest BCUT2D eigenvalue weighted by atomic mass is 9.91. The molecule has 102 valence electrons. The molecular weight excluding hydrogens is 242 g/mol. The number of rotatable bonds is 4. The first kappa shape index (κ1) is 15.1. The van der Waals surface area contributed by atoms with E-state index in [-0.39, 0.29) is 24.0 Å². The molecule has 1 aromatic rings. The molecule has 0 saturated heterocycles. The molecule has 19 heavy (non-hydrogen) atoms. The van der Waals surface area contributed by atoms with Crippen molar-refractivity contribution in [1.29, 1.82) is 0 Å². The van der Waals surface area contributed by atoms with E-state index in [1.807, 2.05) is 20.8 Å². The molecule has 1 amide bonds. The molecular formula is C15H19NO3. The van der Waals surface area contributed by atoms with Gasteiger partial charge in [-0.1, -0.05) is 32.9 Å². The lowest BCUT2D eigenvalue weighted by Crippen LogP contribution is -2.35. The van der Waals surface area contributed by atoms with Crippen LogP contribution in [0.15, 0.2) is 24.3 Å². The Labute approximate surface area is 113 Å². The number of ketones is 2. The Bertz CT molecular complexity index is 495. The zero-order valence-electron chi connectivity index (χ0n) is 11.7. The summed E-state index contributed by atoms with van der Waals surface area (Å²) < 4.78 is 0. The molecule has 0 saturated carbocycles. The van der Waals surface area contributed by atoms with Gasteiger partial charge in [0.25, 0.3) is 5.91 Å². The number of amides is 1. The molecule has 0 unspecified atom stereocenters. The minimum absolute atomic E-state index is 0.0107. The first-order chi connectivity index (χ1) is 8.71. The van der Waals surface area contributed by atoms with E-state index in [1.165, 1.54) is 6.92 Å². The second-order valence-electron chi connectivity index (χ2n) is 5.49. The number of Topliss-reactive ketones (excluding diaryl/α,β-unsaturated/α-hetero) is 2. The predicted molar refractivity (Wildman–Crippen MR) is 73.2 cm³/mol. The Hall–Kier alpha value is -1.97. The quantitative estimate of drug-likeness (QED) is 0.845. The van der Waals surface area contributed by atoms with Gasteiger partial charge in [0.05, 0.1) is 6.54 Å². The number of benzene rings is 1. The van der Waals surface area contributed by atoms with Gasteiger partial charge < -0.3 is 5.32 Å². The van der Waals surface area contributed by atoms with E-state index < -0.39 is 5.41 Å². The van der Waals surface area contributed by atoms with Crippen LogP contribution in [-0.2, 0) is 4.79 Å². The molecule has 0 radical (unpaired) electrons. The molecule has 1 aromatic carbocycles. The Morgan fingerprint density at radius 2 is 1.47 bits per heavy atom. The second kappa shape index (κ2) is 5.78. The maximum Gasteiger partial charge on any atom is 0.251 e. The summed E-state index contributed by atoms with van der Waals surface area (Å²) in [5.74, 6) is -0.385. The third kappa shape index (κ3) is 4.32. The molecule has 0 aliphatic carbocycles. The summed E-state index contributed by atoms with van der Waals surface area (Å²) in [5, 5.41) is 2.58. The van der Waals surface area contributed by atoms with Crippen LogP contribution in [0.4, 0.5) is 0 Å². The van der Waals surface area contributed by atoms with Gasteiger partial charge in [0, 0.05) is 16.5 Å². The van der Waals surface area contributed by atoms with Gasteiger partial charge in [-0.05, 0) is 19.1 Å². The SMILES string of the molecule is CC(=O)c1ccc(C(=O)NCC(=O)C(C)(C)C)cc1. The zero-order chi connectivity index (χ0) is 14.6. The summed E-state index contributed by atoms with van der Waals surface area (Å²) >= 11 is 0. The van der Waals surface area contributed by atoms with Gasteiger partial charge in [-0.25, -0.2) is 0 Å². The summed E-state index contributed by atoms with van der Waals surface area (Å²) in [4.78, 5) is 34.6. The summed E-state index contributed by atoms with van der Waals surface area (Å²) in [6, 6.07) is 6.35. The van der Waals surface area contributed by atoms with Crippen molar-refractivity contribution in [1.82, 2.24) is 5.32 Å². The van der Waals surface area contributed by atoms with E-state index in [9.17, 15) is 14.4 Å². The highest BCUT2D eigenvalue weighted by atomic mass is 16.2. The number of hydrogen-bond acceptors (Lipinski definition) is 3. The molecule has 0 aromatic heterocycles. The maximum atomic E-state index is 11.8. The lowest BCUT2D eigenvalue weighted by Gasteiger charge is -2.16. The molecule has 0 heterocycles. The minimum Gasteiger partial charge on any atom is -0.345 e. The fraction of sp³-hybridized carbons (Fsp3) is 0.400. The van der Waals surface area contributed by atoms with Gasteiger partial charge in [0.15, 0.2) is 11.6 Å². The summed E-state index contributed by atoms with van der Waals surface area (Å²) in [6.07, 6.45) is 0. The van der Waals surface area contributed by atoms with Crippen LogP contribution in [0.3, 0.4) is 0 Å². The van der Waals surface area contributed by atoms with Crippen molar-refractivity contribution in [3.63, 3.8) is 0 Å². The number of carbonyl (C=O) groups is 3. The van der Waals surface area contributed by atoms with Crippen LogP contribution < -0.4 is 5.32 Å². The highest BCUT2D eigenvalue weighted by Gasteiger charge is 2.21. The van der Waals surface area contributed by atoms with E-state index in [4.69, 9.17) is 0 Å². The fourth-order valence-corrected chi connectivity index (χ4v) is 1.38. The Morgan fingerprint density at radius 3 is 1.89 bits per heavy atom. The molecule has 0 aliphatic heterocycles. The monoisotopic (exact) mass is 261 g/mol. The second-order valence-corrected chi connectivity index (χ2v) is 5.49. The molecule has 4 heteroatoms. The topological polar surface area (TPSA) is 63.2 Å². The third-order valence-corrected chi connectivity index (χ3v) is 2.80. The van der Waals surface area contributed by atoms with Gasteiger partial charge in [-0.2, -0.15) is 0 Å². The highest BCUT2D eigenvalue weighted by Crippen LogP contribution is 2.13. The van der Waals surface area contributed by atoms with Gasteiger partial charge in [-0.3, -0.25) is 14.4 Å². The Balaban J connectivity index is 2.64. The van der Waals surface area contributed by atoms with Gasteiger partial charge in [0.1, 0.15) is 0 Å². The molecule has 1 N–H and O–H groups in total. The van der Waals surface area contributed by atoms with Crippen LogP contribution in [0.2, 0.25) is 0 Å². The molecule has 0 spiro atoms. The highest BCUT2D eigenvalue weighted by molar-refractivity contribution is 5.99. The van der Waals surface area contributed by atoms with E-state index >= 15 is 0 Å². The lowest BCUT2D eigenvalue weighted by molar-refractivity contribution is -0.125. The first-order valence-electron chi connectivity index (χ1n) is 6.14. The fourth-order valence-electron chi connectivity index (χ4n) is 1.38. The van der Waals surface area contributed by atoms with Crippen LogP contribution in [0.1, 0.15) is 48.4 Å². The Morgan fingerprint density at radius 1 is 1.00 bits per heavy atom. The smallest absolute Gasteiger partial charge is 0.251 e. The van der Waals surface area contributed by atoms with Crippen molar-refractivity contribution in [3.8, 4) is 0 Å². The van der Waals surface area contributed by atoms with Crippen molar-refractivity contribution in [3.05, 3.63) is 35.4 Å². The van der Waals surface area contributed by atoms with Crippen molar-refractivity contribution >= 4 is 17.5 Å². The number of carbonyl (C=O) groups excluding carboxylic acids is 3. The average Bonchev–Trinajstić information content (AvgIpc) is 2.34. The molecule has 4 nitrogen and oxygen atoms in total. The molecule has 0 aliphatic rings. The summed E-state index contributed by atoms with van der Waals surface area (Å²) in [7, 11) is 0. The molecule has 0 bridgehead atoms. The van der Waals surface area contributed by atoms with E-state index in [0.717, 1.165) is 0 Å². The predicted octanol–water partition coefficient (Wildman–Crippen LogP) is 2.23. The van der Waals surface area contributed by atoms with Gasteiger partial charge >= 0.3 is 0 Å². The van der Waals surface area contributed by atoms with Crippen LogP contribution in [0, 0.1) is 5.41 Å². The maximum absolute atomic E-state index is 11.8. The number of hydrogen-bond donors (Lipinski definition) is 1. The van der Waals surface area contributed by atoms with Gasteiger partial charge in [0.2, 0.25) is 0 Å². The van der Waals surface area contributed by atoms with E-state index in [1.54, 1.807) is 24.3 Å². The third-order valence-electron chi connectivity index (χ3n) is 2.80. The van der Waals surface area contributed by atoms with E-state index in [0.29, 0.717) is 11.1 Å². The number of nitrogens with one attached hydrogen (secondary N) is 1. The largest absolute Gasteiger partial charge is 0.345 e.